The van der Waals surface area contributed by atoms with Crippen LogP contribution in [0.2, 0.25) is 10.0 Å². The van der Waals surface area contributed by atoms with E-state index in [1.165, 1.54) is 0 Å². The van der Waals surface area contributed by atoms with Gasteiger partial charge in [0.15, 0.2) is 0 Å². The maximum atomic E-state index is 6.26. The first-order valence-electron chi connectivity index (χ1n) is 6.72. The minimum absolute atomic E-state index is 0.558. The van der Waals surface area contributed by atoms with E-state index >= 15 is 0 Å². The predicted molar refractivity (Wildman–Crippen MR) is 88.1 cm³/mol. The van der Waals surface area contributed by atoms with Gasteiger partial charge in [-0.25, -0.2) is 0 Å². The topological polar surface area (TPSA) is 29.9 Å². The lowest BCUT2D eigenvalue weighted by atomic mass is 10.2. The smallest absolute Gasteiger partial charge is 0.0841 e. The second kappa shape index (κ2) is 6.06. The van der Waals surface area contributed by atoms with Crippen LogP contribution in [0.4, 0.5) is 0 Å². The van der Waals surface area contributed by atoms with Crippen LogP contribution in [0, 0.1) is 0 Å². The largest absolute Gasteiger partial charge is 0.314 e. The first kappa shape index (κ1) is 14.4. The molecule has 0 saturated heterocycles. The van der Waals surface area contributed by atoms with Crippen molar-refractivity contribution < 1.29 is 0 Å². The van der Waals surface area contributed by atoms with Gasteiger partial charge >= 0.3 is 0 Å². The van der Waals surface area contributed by atoms with Gasteiger partial charge in [0.25, 0.3) is 0 Å². The first-order chi connectivity index (χ1) is 10.2. The Bertz CT molecular complexity index is 760. The molecule has 0 spiro atoms. The van der Waals surface area contributed by atoms with Crippen molar-refractivity contribution >= 4 is 34.1 Å². The lowest BCUT2D eigenvalue weighted by molar-refractivity contribution is 0.677. The van der Waals surface area contributed by atoms with Gasteiger partial charge in [-0.15, -0.1) is 0 Å². The zero-order valence-corrected chi connectivity index (χ0v) is 13.1. The van der Waals surface area contributed by atoms with Gasteiger partial charge in [0.05, 0.1) is 17.8 Å². The van der Waals surface area contributed by atoms with Crippen molar-refractivity contribution in [1.29, 1.82) is 0 Å². The molecule has 3 nitrogen and oxygen atoms in total. The molecule has 0 unspecified atom stereocenters. The zero-order valence-electron chi connectivity index (χ0n) is 11.6. The summed E-state index contributed by atoms with van der Waals surface area (Å²) >= 11 is 12.5. The van der Waals surface area contributed by atoms with E-state index in [1.54, 1.807) is 0 Å². The summed E-state index contributed by atoms with van der Waals surface area (Å²) in [6.07, 6.45) is 0. The minimum Gasteiger partial charge on any atom is -0.314 e. The van der Waals surface area contributed by atoms with Crippen LogP contribution in [0.1, 0.15) is 11.3 Å². The summed E-state index contributed by atoms with van der Waals surface area (Å²) in [6, 6.07) is 13.7. The predicted octanol–water partition coefficient (Wildman–Crippen LogP) is 4.11. The number of nitrogens with one attached hydrogen (secondary N) is 1. The summed E-state index contributed by atoms with van der Waals surface area (Å²) in [5.41, 5.74) is 3.00. The summed E-state index contributed by atoms with van der Waals surface area (Å²) in [5.74, 6) is 0. The molecule has 0 aliphatic carbocycles. The Morgan fingerprint density at radius 2 is 1.76 bits per heavy atom. The number of benzene rings is 2. The van der Waals surface area contributed by atoms with Crippen molar-refractivity contribution in [2.75, 3.05) is 7.05 Å². The maximum absolute atomic E-state index is 6.26. The average Bonchev–Trinajstić information content (AvgIpc) is 2.82. The Morgan fingerprint density at radius 3 is 2.48 bits per heavy atom. The van der Waals surface area contributed by atoms with Crippen molar-refractivity contribution in [2.24, 2.45) is 0 Å². The summed E-state index contributed by atoms with van der Waals surface area (Å²) in [4.78, 5) is 0. The Kier molecular flexibility index (Phi) is 4.15. The third-order valence-corrected chi connectivity index (χ3v) is 4.16. The number of nitrogens with zero attached hydrogens (tertiary/aromatic N) is 2. The number of hydrogen-bond acceptors (Lipinski definition) is 2. The van der Waals surface area contributed by atoms with Crippen LogP contribution in [0.15, 0.2) is 42.5 Å². The van der Waals surface area contributed by atoms with Crippen LogP contribution in [0.5, 0.6) is 0 Å². The summed E-state index contributed by atoms with van der Waals surface area (Å²) < 4.78 is 1.95. The van der Waals surface area contributed by atoms with Crippen molar-refractivity contribution in [3.8, 4) is 0 Å². The molecule has 0 fully saturated rings. The molecular formula is C16H15Cl2N3. The van der Waals surface area contributed by atoms with Crippen molar-refractivity contribution in [3.63, 3.8) is 0 Å². The van der Waals surface area contributed by atoms with Crippen LogP contribution in [-0.2, 0) is 13.1 Å². The summed E-state index contributed by atoms with van der Waals surface area (Å²) in [6.45, 7) is 1.28. The molecule has 0 radical (unpaired) electrons. The van der Waals surface area contributed by atoms with Gasteiger partial charge in [-0.3, -0.25) is 4.68 Å². The first-order valence-corrected chi connectivity index (χ1v) is 7.48. The molecule has 21 heavy (non-hydrogen) atoms. The molecule has 2 aromatic carbocycles. The van der Waals surface area contributed by atoms with E-state index in [9.17, 15) is 0 Å². The van der Waals surface area contributed by atoms with Crippen LogP contribution < -0.4 is 5.32 Å². The molecular weight excluding hydrogens is 305 g/mol. The van der Waals surface area contributed by atoms with Gasteiger partial charge in [0.1, 0.15) is 0 Å². The molecule has 3 aromatic rings. The molecule has 0 atom stereocenters. The number of halogens is 2. The maximum Gasteiger partial charge on any atom is 0.0841 e. The highest BCUT2D eigenvalue weighted by Gasteiger charge is 2.12. The highest BCUT2D eigenvalue weighted by Crippen LogP contribution is 2.27. The number of rotatable bonds is 4. The lowest BCUT2D eigenvalue weighted by Gasteiger charge is -2.08. The Labute approximate surface area is 133 Å². The number of aromatic nitrogens is 2. The number of para-hydroxylation sites is 1. The molecule has 1 aromatic heterocycles. The molecule has 5 heteroatoms. The van der Waals surface area contributed by atoms with Gasteiger partial charge in [0, 0.05) is 27.5 Å². The lowest BCUT2D eigenvalue weighted by Crippen LogP contribution is -2.08. The third kappa shape index (κ3) is 2.77. The van der Waals surface area contributed by atoms with Crippen LogP contribution in [-0.4, -0.2) is 16.8 Å². The van der Waals surface area contributed by atoms with E-state index in [4.69, 9.17) is 28.3 Å². The number of hydrogen-bond donors (Lipinski definition) is 1. The quantitative estimate of drug-likeness (QED) is 0.784. The second-order valence-corrected chi connectivity index (χ2v) is 5.67. The SMILES string of the molecule is CNCc1nn(Cc2c(Cl)cccc2Cl)c2ccccc12. The fraction of sp³-hybridized carbons (Fsp3) is 0.188. The molecule has 3 rings (SSSR count). The molecule has 1 heterocycles. The molecule has 0 aliphatic heterocycles. The monoisotopic (exact) mass is 319 g/mol. The van der Waals surface area contributed by atoms with Crippen molar-refractivity contribution in [2.45, 2.75) is 13.1 Å². The Morgan fingerprint density at radius 1 is 1.05 bits per heavy atom. The molecule has 0 aliphatic rings. The Balaban J connectivity index is 2.09. The average molecular weight is 320 g/mol. The highest BCUT2D eigenvalue weighted by atomic mass is 35.5. The van der Waals surface area contributed by atoms with Gasteiger partial charge in [-0.1, -0.05) is 47.5 Å². The van der Waals surface area contributed by atoms with Crippen molar-refractivity contribution in [1.82, 2.24) is 15.1 Å². The van der Waals surface area contributed by atoms with E-state index in [-0.39, 0.29) is 0 Å². The van der Waals surface area contributed by atoms with E-state index < -0.39 is 0 Å². The van der Waals surface area contributed by atoms with Crippen molar-refractivity contribution in [3.05, 3.63) is 63.8 Å². The second-order valence-electron chi connectivity index (χ2n) is 4.85. The zero-order chi connectivity index (χ0) is 14.8. The third-order valence-electron chi connectivity index (χ3n) is 3.45. The van der Waals surface area contributed by atoms with E-state index in [2.05, 4.69) is 17.4 Å². The summed E-state index contributed by atoms with van der Waals surface area (Å²) in [7, 11) is 1.92. The van der Waals surface area contributed by atoms with Crippen LogP contribution >= 0.6 is 23.2 Å². The molecule has 108 valence electrons. The standard InChI is InChI=1S/C16H15Cl2N3/c1-19-9-15-11-5-2-3-8-16(11)21(20-15)10-12-13(17)6-4-7-14(12)18/h2-8,19H,9-10H2,1H3. The molecule has 0 bridgehead atoms. The molecule has 0 saturated carbocycles. The Hall–Kier alpha value is -1.55. The van der Waals surface area contributed by atoms with Gasteiger partial charge in [-0.05, 0) is 25.2 Å². The van der Waals surface area contributed by atoms with Gasteiger partial charge in [-0.2, -0.15) is 5.10 Å². The summed E-state index contributed by atoms with van der Waals surface area (Å²) in [5, 5.41) is 10.3. The van der Waals surface area contributed by atoms with Crippen LogP contribution in [0.25, 0.3) is 10.9 Å². The van der Waals surface area contributed by atoms with E-state index in [0.717, 1.165) is 28.7 Å². The fourth-order valence-electron chi connectivity index (χ4n) is 2.45. The van der Waals surface area contributed by atoms with Gasteiger partial charge in [0.2, 0.25) is 0 Å². The molecule has 1 N–H and O–H groups in total. The molecule has 0 amide bonds. The van der Waals surface area contributed by atoms with Crippen LogP contribution in [0.3, 0.4) is 0 Å². The number of fused-ring (bicyclic) bond motifs is 1. The van der Waals surface area contributed by atoms with E-state index in [0.29, 0.717) is 16.6 Å². The minimum atomic E-state index is 0.558. The van der Waals surface area contributed by atoms with E-state index in [1.807, 2.05) is 42.1 Å². The fourth-order valence-corrected chi connectivity index (χ4v) is 2.96. The van der Waals surface area contributed by atoms with Gasteiger partial charge < -0.3 is 5.32 Å². The highest BCUT2D eigenvalue weighted by molar-refractivity contribution is 6.36. The normalized spacial score (nSPS) is 11.2.